The van der Waals surface area contributed by atoms with Gasteiger partial charge < -0.3 is 10.6 Å². The maximum Gasteiger partial charge on any atom is 0.234 e. The lowest BCUT2D eigenvalue weighted by Gasteiger charge is -2.09. The highest BCUT2D eigenvalue weighted by atomic mass is 16.1. The van der Waals surface area contributed by atoms with Crippen molar-refractivity contribution in [2.75, 3.05) is 13.1 Å². The van der Waals surface area contributed by atoms with Gasteiger partial charge in [0.05, 0.1) is 6.54 Å². The minimum atomic E-state index is 0.0407. The van der Waals surface area contributed by atoms with Crippen molar-refractivity contribution < 1.29 is 4.79 Å². The minimum absolute atomic E-state index is 0.0407. The fourth-order valence-electron chi connectivity index (χ4n) is 0.851. The topological polar surface area (TPSA) is 41.1 Å². The first-order chi connectivity index (χ1) is 6.06. The van der Waals surface area contributed by atoms with Crippen LogP contribution in [-0.4, -0.2) is 25.0 Å². The molecule has 0 aromatic carbocycles. The zero-order valence-corrected chi connectivity index (χ0v) is 8.81. The molecule has 0 aliphatic heterocycles. The molecule has 0 saturated heterocycles. The Hall–Kier alpha value is -0.830. The second-order valence-electron chi connectivity index (χ2n) is 3.43. The molecule has 3 nitrogen and oxygen atoms in total. The van der Waals surface area contributed by atoms with E-state index in [4.69, 9.17) is 0 Å². The standard InChI is InChI=1S/C10H20N2O/c1-5-9(4)6-11-7-10(13)12-8(2)3/h8,11H,4-7H2,1-3H3,(H,12,13). The van der Waals surface area contributed by atoms with E-state index in [9.17, 15) is 4.79 Å². The van der Waals surface area contributed by atoms with Crippen LogP contribution in [0, 0.1) is 0 Å². The molecule has 3 heteroatoms. The maximum absolute atomic E-state index is 11.1. The zero-order chi connectivity index (χ0) is 10.3. The highest BCUT2D eigenvalue weighted by Gasteiger charge is 2.01. The summed E-state index contributed by atoms with van der Waals surface area (Å²) in [6.07, 6.45) is 0.957. The SMILES string of the molecule is C=C(CC)CNCC(=O)NC(C)C. The van der Waals surface area contributed by atoms with Crippen molar-refractivity contribution in [3.8, 4) is 0 Å². The number of rotatable bonds is 6. The van der Waals surface area contributed by atoms with Crippen LogP contribution in [0.2, 0.25) is 0 Å². The van der Waals surface area contributed by atoms with Crippen LogP contribution >= 0.6 is 0 Å². The molecule has 0 atom stereocenters. The van der Waals surface area contributed by atoms with Gasteiger partial charge in [-0.1, -0.05) is 19.1 Å². The molecule has 0 fully saturated rings. The van der Waals surface area contributed by atoms with Crippen LogP contribution in [0.15, 0.2) is 12.2 Å². The molecule has 0 aromatic heterocycles. The van der Waals surface area contributed by atoms with Crippen molar-refractivity contribution in [3.05, 3.63) is 12.2 Å². The van der Waals surface area contributed by atoms with E-state index in [1.807, 2.05) is 13.8 Å². The Kier molecular flexibility index (Phi) is 6.24. The summed E-state index contributed by atoms with van der Waals surface area (Å²) in [5.41, 5.74) is 1.12. The Morgan fingerprint density at radius 1 is 1.38 bits per heavy atom. The Balaban J connectivity index is 3.42. The van der Waals surface area contributed by atoms with Crippen LogP contribution < -0.4 is 10.6 Å². The molecule has 0 aromatic rings. The molecule has 0 rings (SSSR count). The van der Waals surface area contributed by atoms with Gasteiger partial charge in [0.25, 0.3) is 0 Å². The van der Waals surface area contributed by atoms with E-state index in [1.54, 1.807) is 0 Å². The molecule has 2 N–H and O–H groups in total. The van der Waals surface area contributed by atoms with Gasteiger partial charge in [0.1, 0.15) is 0 Å². The highest BCUT2D eigenvalue weighted by Crippen LogP contribution is 1.91. The second-order valence-corrected chi connectivity index (χ2v) is 3.43. The smallest absolute Gasteiger partial charge is 0.234 e. The van der Waals surface area contributed by atoms with Crippen LogP contribution in [0.4, 0.5) is 0 Å². The summed E-state index contributed by atoms with van der Waals surface area (Å²) in [5, 5.41) is 5.83. The summed E-state index contributed by atoms with van der Waals surface area (Å²) in [4.78, 5) is 11.1. The van der Waals surface area contributed by atoms with Crippen molar-refractivity contribution >= 4 is 5.91 Å². The monoisotopic (exact) mass is 184 g/mol. The fourth-order valence-corrected chi connectivity index (χ4v) is 0.851. The van der Waals surface area contributed by atoms with Crippen molar-refractivity contribution in [1.82, 2.24) is 10.6 Å². The predicted octanol–water partition coefficient (Wildman–Crippen LogP) is 1.07. The minimum Gasteiger partial charge on any atom is -0.353 e. The molecule has 0 aliphatic carbocycles. The van der Waals surface area contributed by atoms with Gasteiger partial charge in [-0.3, -0.25) is 4.79 Å². The molecule has 0 aliphatic rings. The van der Waals surface area contributed by atoms with Crippen LogP contribution in [0.3, 0.4) is 0 Å². The second kappa shape index (κ2) is 6.66. The average molecular weight is 184 g/mol. The number of carbonyl (C=O) groups is 1. The molecule has 0 unspecified atom stereocenters. The third kappa shape index (κ3) is 7.53. The van der Waals surface area contributed by atoms with Gasteiger partial charge >= 0.3 is 0 Å². The highest BCUT2D eigenvalue weighted by molar-refractivity contribution is 5.78. The third-order valence-electron chi connectivity index (χ3n) is 1.61. The summed E-state index contributed by atoms with van der Waals surface area (Å²) in [5.74, 6) is 0.0407. The van der Waals surface area contributed by atoms with E-state index in [2.05, 4.69) is 24.1 Å². The summed E-state index contributed by atoms with van der Waals surface area (Å²) in [7, 11) is 0. The summed E-state index contributed by atoms with van der Waals surface area (Å²) < 4.78 is 0. The van der Waals surface area contributed by atoms with Crippen LogP contribution in [0.5, 0.6) is 0 Å². The lowest BCUT2D eigenvalue weighted by molar-refractivity contribution is -0.120. The largest absolute Gasteiger partial charge is 0.353 e. The maximum atomic E-state index is 11.1. The average Bonchev–Trinajstić information content (AvgIpc) is 2.02. The number of carbonyl (C=O) groups excluding carboxylic acids is 1. The van der Waals surface area contributed by atoms with E-state index in [1.165, 1.54) is 0 Å². The van der Waals surface area contributed by atoms with E-state index >= 15 is 0 Å². The van der Waals surface area contributed by atoms with Crippen LogP contribution in [-0.2, 0) is 4.79 Å². The van der Waals surface area contributed by atoms with Crippen molar-refractivity contribution in [2.24, 2.45) is 0 Å². The number of hydrogen-bond acceptors (Lipinski definition) is 2. The molecular weight excluding hydrogens is 164 g/mol. The molecular formula is C10H20N2O. The van der Waals surface area contributed by atoms with Gasteiger partial charge in [-0.2, -0.15) is 0 Å². The van der Waals surface area contributed by atoms with Crippen molar-refractivity contribution in [1.29, 1.82) is 0 Å². The van der Waals surface area contributed by atoms with Crippen LogP contribution in [0.1, 0.15) is 27.2 Å². The van der Waals surface area contributed by atoms with E-state index < -0.39 is 0 Å². The third-order valence-corrected chi connectivity index (χ3v) is 1.61. The lowest BCUT2D eigenvalue weighted by atomic mass is 10.2. The van der Waals surface area contributed by atoms with Crippen molar-refractivity contribution in [2.45, 2.75) is 33.2 Å². The lowest BCUT2D eigenvalue weighted by Crippen LogP contribution is -2.38. The molecule has 76 valence electrons. The normalized spacial score (nSPS) is 10.2. The number of amides is 1. The Morgan fingerprint density at radius 3 is 2.46 bits per heavy atom. The van der Waals surface area contributed by atoms with Gasteiger partial charge in [-0.25, -0.2) is 0 Å². The van der Waals surface area contributed by atoms with Crippen molar-refractivity contribution in [3.63, 3.8) is 0 Å². The molecule has 0 spiro atoms. The molecule has 0 saturated carbocycles. The first-order valence-electron chi connectivity index (χ1n) is 4.73. The van der Waals surface area contributed by atoms with E-state index in [0.717, 1.165) is 18.5 Å². The van der Waals surface area contributed by atoms with Crippen LogP contribution in [0.25, 0.3) is 0 Å². The zero-order valence-electron chi connectivity index (χ0n) is 8.81. The van der Waals surface area contributed by atoms with Gasteiger partial charge in [-0.05, 0) is 20.3 Å². The number of nitrogens with one attached hydrogen (secondary N) is 2. The van der Waals surface area contributed by atoms with Gasteiger partial charge in [-0.15, -0.1) is 0 Å². The Labute approximate surface area is 80.6 Å². The molecule has 0 heterocycles. The van der Waals surface area contributed by atoms with E-state index in [-0.39, 0.29) is 11.9 Å². The Bertz CT molecular complexity index is 176. The number of hydrogen-bond donors (Lipinski definition) is 2. The quantitative estimate of drug-likeness (QED) is 0.606. The fraction of sp³-hybridized carbons (Fsp3) is 0.700. The van der Waals surface area contributed by atoms with Gasteiger partial charge in [0.2, 0.25) is 5.91 Å². The Morgan fingerprint density at radius 2 is 2.00 bits per heavy atom. The van der Waals surface area contributed by atoms with E-state index in [0.29, 0.717) is 6.54 Å². The van der Waals surface area contributed by atoms with Gasteiger partial charge in [0.15, 0.2) is 0 Å². The summed E-state index contributed by atoms with van der Waals surface area (Å²) in [6, 6.07) is 0.212. The summed E-state index contributed by atoms with van der Waals surface area (Å²) >= 11 is 0. The summed E-state index contributed by atoms with van der Waals surface area (Å²) in [6.45, 7) is 10.9. The molecule has 13 heavy (non-hydrogen) atoms. The first kappa shape index (κ1) is 12.2. The first-order valence-corrected chi connectivity index (χ1v) is 4.73. The molecule has 0 radical (unpaired) electrons. The molecule has 0 bridgehead atoms. The van der Waals surface area contributed by atoms with Gasteiger partial charge in [0, 0.05) is 12.6 Å². The molecule has 1 amide bonds. The predicted molar refractivity (Wildman–Crippen MR) is 55.6 cm³/mol.